The van der Waals surface area contributed by atoms with E-state index in [-0.39, 0.29) is 11.4 Å². The summed E-state index contributed by atoms with van der Waals surface area (Å²) in [5.74, 6) is 1.39. The van der Waals surface area contributed by atoms with Gasteiger partial charge in [0, 0.05) is 32.4 Å². The Kier molecular flexibility index (Phi) is 4.88. The van der Waals surface area contributed by atoms with Gasteiger partial charge in [0.1, 0.15) is 5.69 Å². The highest BCUT2D eigenvalue weighted by atomic mass is 19.4. The Morgan fingerprint density at radius 3 is 2.39 bits per heavy atom. The molecule has 1 aliphatic carbocycles. The zero-order valence-electron chi connectivity index (χ0n) is 16.7. The van der Waals surface area contributed by atoms with Crippen molar-refractivity contribution in [3.05, 3.63) is 65.6 Å². The summed E-state index contributed by atoms with van der Waals surface area (Å²) in [4.78, 5) is 16.2. The first kappa shape index (κ1) is 19.9. The van der Waals surface area contributed by atoms with Crippen LogP contribution in [0.3, 0.4) is 0 Å². The monoisotopic (exact) mass is 430 g/mol. The average molecular weight is 430 g/mol. The molecule has 3 heterocycles. The molecule has 0 radical (unpaired) electrons. The number of nitrogens with zero attached hydrogens (tertiary/aromatic N) is 6. The second kappa shape index (κ2) is 7.60. The summed E-state index contributed by atoms with van der Waals surface area (Å²) in [6, 6.07) is 11.1. The third kappa shape index (κ3) is 3.99. The van der Waals surface area contributed by atoms with Crippen LogP contribution < -0.4 is 4.90 Å². The summed E-state index contributed by atoms with van der Waals surface area (Å²) >= 11 is 0. The lowest BCUT2D eigenvalue weighted by Gasteiger charge is -2.34. The minimum Gasteiger partial charge on any atom is -0.338 e. The SMILES string of the molecule is FC(F)(F)c1ccnc(N2CCN(Cc3nc(C4(c5ccccc5)CC4)no3)CC2)n1. The van der Waals surface area contributed by atoms with Crippen LogP contribution >= 0.6 is 0 Å². The first-order chi connectivity index (χ1) is 14.9. The molecule has 0 bridgehead atoms. The van der Waals surface area contributed by atoms with Crippen molar-refractivity contribution in [1.82, 2.24) is 25.0 Å². The molecule has 1 saturated carbocycles. The number of piperazine rings is 1. The Morgan fingerprint density at radius 2 is 1.71 bits per heavy atom. The van der Waals surface area contributed by atoms with Crippen LogP contribution in [0.1, 0.15) is 35.8 Å². The van der Waals surface area contributed by atoms with Gasteiger partial charge < -0.3 is 9.42 Å². The topological polar surface area (TPSA) is 71.2 Å². The molecule has 5 rings (SSSR count). The minimum absolute atomic E-state index is 0.105. The summed E-state index contributed by atoms with van der Waals surface area (Å²) in [6.07, 6.45) is -1.32. The highest BCUT2D eigenvalue weighted by Crippen LogP contribution is 2.52. The molecule has 2 aromatic heterocycles. The van der Waals surface area contributed by atoms with Crippen LogP contribution in [0.2, 0.25) is 0 Å². The van der Waals surface area contributed by atoms with Gasteiger partial charge in [-0.05, 0) is 24.5 Å². The van der Waals surface area contributed by atoms with Gasteiger partial charge in [-0.3, -0.25) is 4.90 Å². The Balaban J connectivity index is 1.21. The summed E-state index contributed by atoms with van der Waals surface area (Å²) in [5.41, 5.74) is 0.144. The first-order valence-electron chi connectivity index (χ1n) is 10.2. The third-order valence-corrected chi connectivity index (χ3v) is 5.92. The van der Waals surface area contributed by atoms with Crippen molar-refractivity contribution >= 4 is 5.95 Å². The highest BCUT2D eigenvalue weighted by Gasteiger charge is 2.50. The second-order valence-electron chi connectivity index (χ2n) is 7.96. The Bertz CT molecular complexity index is 1040. The molecule has 0 N–H and O–H groups in total. The number of halogens is 3. The van der Waals surface area contributed by atoms with Crippen molar-refractivity contribution in [3.8, 4) is 0 Å². The lowest BCUT2D eigenvalue weighted by Crippen LogP contribution is -2.46. The predicted molar refractivity (Wildman–Crippen MR) is 105 cm³/mol. The molecule has 0 atom stereocenters. The molecule has 0 amide bonds. The van der Waals surface area contributed by atoms with E-state index in [9.17, 15) is 13.2 Å². The quantitative estimate of drug-likeness (QED) is 0.615. The lowest BCUT2D eigenvalue weighted by atomic mass is 9.95. The van der Waals surface area contributed by atoms with Crippen molar-refractivity contribution in [2.45, 2.75) is 31.0 Å². The second-order valence-corrected chi connectivity index (χ2v) is 7.96. The number of hydrogen-bond donors (Lipinski definition) is 0. The van der Waals surface area contributed by atoms with Crippen molar-refractivity contribution in [1.29, 1.82) is 0 Å². The first-order valence-corrected chi connectivity index (χ1v) is 10.2. The fourth-order valence-electron chi connectivity index (χ4n) is 3.99. The summed E-state index contributed by atoms with van der Waals surface area (Å²) in [6.45, 7) is 2.84. The zero-order chi connectivity index (χ0) is 21.5. The number of anilines is 1. The molecule has 0 spiro atoms. The zero-order valence-corrected chi connectivity index (χ0v) is 16.7. The van der Waals surface area contributed by atoms with E-state index >= 15 is 0 Å². The summed E-state index contributed by atoms with van der Waals surface area (Å²) in [7, 11) is 0. The van der Waals surface area contributed by atoms with Gasteiger partial charge in [0.05, 0.1) is 12.0 Å². The Labute approximate surface area is 176 Å². The number of alkyl halides is 3. The number of benzene rings is 1. The summed E-state index contributed by atoms with van der Waals surface area (Å²) < 4.78 is 44.2. The number of rotatable bonds is 5. The van der Waals surface area contributed by atoms with Crippen molar-refractivity contribution in [2.24, 2.45) is 0 Å². The molecule has 7 nitrogen and oxygen atoms in total. The van der Waals surface area contributed by atoms with Crippen LogP contribution in [-0.2, 0) is 18.1 Å². The van der Waals surface area contributed by atoms with Gasteiger partial charge in [-0.25, -0.2) is 9.97 Å². The van der Waals surface area contributed by atoms with Crippen LogP contribution in [0.25, 0.3) is 0 Å². The normalized spacial score (nSPS) is 18.9. The molecule has 10 heteroatoms. The maximum atomic E-state index is 12.9. The van der Waals surface area contributed by atoms with Gasteiger partial charge in [0.25, 0.3) is 0 Å². The van der Waals surface area contributed by atoms with E-state index in [1.54, 1.807) is 4.90 Å². The molecule has 1 aromatic carbocycles. The van der Waals surface area contributed by atoms with Crippen LogP contribution in [0, 0.1) is 0 Å². The smallest absolute Gasteiger partial charge is 0.338 e. The fraction of sp³-hybridized carbons (Fsp3) is 0.429. The standard InChI is InChI=1S/C21H21F3N6O/c22-21(23,24)16-6-9-25-19(26-16)30-12-10-29(11-13-30)14-17-27-18(28-31-17)20(7-8-20)15-4-2-1-3-5-15/h1-6,9H,7-8,10-14H2. The molecule has 3 aromatic rings. The molecule has 162 valence electrons. The van der Waals surface area contributed by atoms with Gasteiger partial charge in [0.15, 0.2) is 5.82 Å². The van der Waals surface area contributed by atoms with Gasteiger partial charge >= 0.3 is 6.18 Å². The maximum Gasteiger partial charge on any atom is 0.433 e. The Morgan fingerprint density at radius 1 is 0.968 bits per heavy atom. The van der Waals surface area contributed by atoms with Crippen molar-refractivity contribution in [2.75, 3.05) is 31.1 Å². The largest absolute Gasteiger partial charge is 0.433 e. The van der Waals surface area contributed by atoms with Crippen molar-refractivity contribution < 1.29 is 17.7 Å². The molecule has 0 unspecified atom stereocenters. The molecule has 1 saturated heterocycles. The van der Waals surface area contributed by atoms with Crippen LogP contribution in [0.15, 0.2) is 47.1 Å². The van der Waals surface area contributed by atoms with Gasteiger partial charge in [-0.2, -0.15) is 18.2 Å². The van der Waals surface area contributed by atoms with Crippen molar-refractivity contribution in [3.63, 3.8) is 0 Å². The minimum atomic E-state index is -4.48. The molecule has 2 fully saturated rings. The number of hydrogen-bond acceptors (Lipinski definition) is 7. The summed E-state index contributed by atoms with van der Waals surface area (Å²) in [5, 5.41) is 4.24. The predicted octanol–water partition coefficient (Wildman–Crippen LogP) is 3.28. The van der Waals surface area contributed by atoms with Gasteiger partial charge in [-0.1, -0.05) is 35.5 Å². The third-order valence-electron chi connectivity index (χ3n) is 5.92. The highest BCUT2D eigenvalue weighted by molar-refractivity contribution is 5.38. The van der Waals surface area contributed by atoms with E-state index < -0.39 is 11.9 Å². The van der Waals surface area contributed by atoms with Crippen LogP contribution in [-0.4, -0.2) is 51.2 Å². The number of aromatic nitrogens is 4. The van der Waals surface area contributed by atoms with Crippen LogP contribution in [0.5, 0.6) is 0 Å². The molecule has 1 aliphatic heterocycles. The lowest BCUT2D eigenvalue weighted by molar-refractivity contribution is -0.141. The Hall–Kier alpha value is -3.01. The van der Waals surface area contributed by atoms with E-state index in [4.69, 9.17) is 4.52 Å². The van der Waals surface area contributed by atoms with E-state index in [1.807, 2.05) is 18.2 Å². The van der Waals surface area contributed by atoms with Gasteiger partial charge in [-0.15, -0.1) is 0 Å². The van der Waals surface area contributed by atoms with Gasteiger partial charge in [0.2, 0.25) is 11.8 Å². The van der Waals surface area contributed by atoms with E-state index in [0.29, 0.717) is 38.6 Å². The average Bonchev–Trinajstić information content (AvgIpc) is 3.47. The molecule has 2 aliphatic rings. The van der Waals surface area contributed by atoms with E-state index in [0.717, 1.165) is 30.9 Å². The van der Waals surface area contributed by atoms with E-state index in [2.05, 4.69) is 37.1 Å². The molecular weight excluding hydrogens is 409 g/mol. The maximum absolute atomic E-state index is 12.9. The van der Waals surface area contributed by atoms with Crippen LogP contribution in [0.4, 0.5) is 19.1 Å². The molecule has 31 heavy (non-hydrogen) atoms. The fourth-order valence-corrected chi connectivity index (χ4v) is 3.99. The van der Waals surface area contributed by atoms with E-state index in [1.165, 1.54) is 5.56 Å². The molecular formula is C21H21F3N6O.